The predicted octanol–water partition coefficient (Wildman–Crippen LogP) is 1.82. The molecule has 0 aromatic carbocycles. The summed E-state index contributed by atoms with van der Waals surface area (Å²) in [5.74, 6) is 0.171. The number of rotatable bonds is 2. The number of nitrogens with zero attached hydrogens (tertiary/aromatic N) is 1. The molecule has 0 saturated carbocycles. The summed E-state index contributed by atoms with van der Waals surface area (Å²) in [7, 11) is 0. The highest BCUT2D eigenvalue weighted by Crippen LogP contribution is 2.30. The molecule has 0 saturated heterocycles. The minimum Gasteiger partial charge on any atom is -0.383 e. The SMILES string of the molecule is NCc1c(C(F)F)cnc(N)c1Br. The second-order valence-corrected chi connectivity index (χ2v) is 3.19. The lowest BCUT2D eigenvalue weighted by atomic mass is 10.1. The molecule has 0 fully saturated rings. The van der Waals surface area contributed by atoms with Gasteiger partial charge in [-0.25, -0.2) is 13.8 Å². The van der Waals surface area contributed by atoms with Crippen LogP contribution in [0.25, 0.3) is 0 Å². The average molecular weight is 252 g/mol. The molecule has 4 N–H and O–H groups in total. The molecule has 1 aromatic rings. The summed E-state index contributed by atoms with van der Waals surface area (Å²) in [5, 5.41) is 0. The van der Waals surface area contributed by atoms with Crippen LogP contribution in [-0.4, -0.2) is 4.98 Å². The summed E-state index contributed by atoms with van der Waals surface area (Å²) in [6.45, 7) is 0.00692. The van der Waals surface area contributed by atoms with Gasteiger partial charge in [0.05, 0.1) is 4.47 Å². The fourth-order valence-electron chi connectivity index (χ4n) is 0.951. The Labute approximate surface area is 82.3 Å². The van der Waals surface area contributed by atoms with Gasteiger partial charge in [-0.05, 0) is 21.5 Å². The topological polar surface area (TPSA) is 64.9 Å². The van der Waals surface area contributed by atoms with Gasteiger partial charge < -0.3 is 11.5 Å². The molecule has 0 unspecified atom stereocenters. The van der Waals surface area contributed by atoms with Gasteiger partial charge in [-0.3, -0.25) is 0 Å². The van der Waals surface area contributed by atoms with Crippen LogP contribution in [0.2, 0.25) is 0 Å². The van der Waals surface area contributed by atoms with Crippen molar-refractivity contribution in [2.45, 2.75) is 13.0 Å². The lowest BCUT2D eigenvalue weighted by Crippen LogP contribution is -2.06. The van der Waals surface area contributed by atoms with Crippen LogP contribution in [-0.2, 0) is 6.54 Å². The van der Waals surface area contributed by atoms with Crippen LogP contribution in [0.1, 0.15) is 17.6 Å². The Balaban J connectivity index is 3.30. The van der Waals surface area contributed by atoms with E-state index in [9.17, 15) is 8.78 Å². The Morgan fingerprint density at radius 3 is 2.62 bits per heavy atom. The third-order valence-electron chi connectivity index (χ3n) is 1.62. The molecule has 1 rings (SSSR count). The van der Waals surface area contributed by atoms with Crippen molar-refractivity contribution in [2.75, 3.05) is 5.73 Å². The highest BCUT2D eigenvalue weighted by Gasteiger charge is 2.16. The Morgan fingerprint density at radius 1 is 1.54 bits per heavy atom. The Bertz CT molecular complexity index is 317. The number of hydrogen-bond donors (Lipinski definition) is 2. The zero-order chi connectivity index (χ0) is 10.0. The molecule has 0 aliphatic rings. The maximum Gasteiger partial charge on any atom is 0.265 e. The van der Waals surface area contributed by atoms with Crippen LogP contribution in [0.4, 0.5) is 14.6 Å². The molecular weight excluding hydrogens is 244 g/mol. The van der Waals surface area contributed by atoms with E-state index >= 15 is 0 Å². The molecule has 0 radical (unpaired) electrons. The summed E-state index contributed by atoms with van der Waals surface area (Å²) in [4.78, 5) is 3.60. The van der Waals surface area contributed by atoms with Gasteiger partial charge in [-0.2, -0.15) is 0 Å². The van der Waals surface area contributed by atoms with Crippen molar-refractivity contribution in [1.29, 1.82) is 0 Å². The van der Waals surface area contributed by atoms with Crippen LogP contribution < -0.4 is 11.5 Å². The molecule has 13 heavy (non-hydrogen) atoms. The number of nitrogen functional groups attached to an aromatic ring is 1. The van der Waals surface area contributed by atoms with Gasteiger partial charge >= 0.3 is 0 Å². The van der Waals surface area contributed by atoms with Crippen LogP contribution in [0.3, 0.4) is 0 Å². The summed E-state index contributed by atoms with van der Waals surface area (Å²) >= 11 is 3.06. The monoisotopic (exact) mass is 251 g/mol. The molecule has 0 aliphatic heterocycles. The molecule has 1 aromatic heterocycles. The van der Waals surface area contributed by atoms with Crippen LogP contribution in [0.15, 0.2) is 10.7 Å². The highest BCUT2D eigenvalue weighted by molar-refractivity contribution is 9.10. The predicted molar refractivity (Wildman–Crippen MR) is 49.2 cm³/mol. The lowest BCUT2D eigenvalue weighted by molar-refractivity contribution is 0.149. The van der Waals surface area contributed by atoms with Gasteiger partial charge in [0.2, 0.25) is 0 Å². The third kappa shape index (κ3) is 1.94. The van der Waals surface area contributed by atoms with Gasteiger partial charge in [0.25, 0.3) is 6.43 Å². The van der Waals surface area contributed by atoms with E-state index in [2.05, 4.69) is 20.9 Å². The van der Waals surface area contributed by atoms with Crippen molar-refractivity contribution in [2.24, 2.45) is 5.73 Å². The van der Waals surface area contributed by atoms with Crippen molar-refractivity contribution < 1.29 is 8.78 Å². The quantitative estimate of drug-likeness (QED) is 0.843. The number of pyridine rings is 1. The van der Waals surface area contributed by atoms with Crippen molar-refractivity contribution in [3.63, 3.8) is 0 Å². The second-order valence-electron chi connectivity index (χ2n) is 2.40. The molecule has 0 amide bonds. The van der Waals surface area contributed by atoms with E-state index in [4.69, 9.17) is 11.5 Å². The number of aromatic nitrogens is 1. The highest BCUT2D eigenvalue weighted by atomic mass is 79.9. The molecule has 3 nitrogen and oxygen atoms in total. The molecule has 0 aliphatic carbocycles. The first-order valence-electron chi connectivity index (χ1n) is 3.49. The smallest absolute Gasteiger partial charge is 0.265 e. The van der Waals surface area contributed by atoms with Crippen molar-refractivity contribution in [3.8, 4) is 0 Å². The number of nitrogens with two attached hydrogens (primary N) is 2. The second kappa shape index (κ2) is 3.97. The fourth-order valence-corrected chi connectivity index (χ4v) is 1.44. The number of anilines is 1. The molecule has 0 bridgehead atoms. The van der Waals surface area contributed by atoms with Gasteiger partial charge in [0.15, 0.2) is 0 Å². The normalized spacial score (nSPS) is 10.8. The van der Waals surface area contributed by atoms with Gasteiger partial charge in [-0.1, -0.05) is 0 Å². The first-order chi connectivity index (χ1) is 6.07. The third-order valence-corrected chi connectivity index (χ3v) is 2.51. The summed E-state index contributed by atoms with van der Waals surface area (Å²) < 4.78 is 25.1. The van der Waals surface area contributed by atoms with Gasteiger partial charge in [0, 0.05) is 18.3 Å². The van der Waals surface area contributed by atoms with E-state index in [-0.39, 0.29) is 17.9 Å². The zero-order valence-electron chi connectivity index (χ0n) is 6.60. The van der Waals surface area contributed by atoms with Gasteiger partial charge in [-0.15, -0.1) is 0 Å². The van der Waals surface area contributed by atoms with E-state index < -0.39 is 6.43 Å². The first kappa shape index (κ1) is 10.3. The largest absolute Gasteiger partial charge is 0.383 e. The Morgan fingerprint density at radius 2 is 2.15 bits per heavy atom. The Kier molecular flexibility index (Phi) is 3.16. The molecule has 0 atom stereocenters. The maximum absolute atomic E-state index is 12.4. The van der Waals surface area contributed by atoms with Crippen LogP contribution >= 0.6 is 15.9 Å². The van der Waals surface area contributed by atoms with Crippen molar-refractivity contribution in [1.82, 2.24) is 4.98 Å². The number of hydrogen-bond acceptors (Lipinski definition) is 3. The average Bonchev–Trinajstić information content (AvgIpc) is 2.09. The molecule has 1 heterocycles. The lowest BCUT2D eigenvalue weighted by Gasteiger charge is -2.09. The van der Waals surface area contributed by atoms with E-state index in [0.29, 0.717) is 10.0 Å². The molecule has 6 heteroatoms. The van der Waals surface area contributed by atoms with Crippen LogP contribution in [0.5, 0.6) is 0 Å². The Hall–Kier alpha value is -0.750. The summed E-state index contributed by atoms with van der Waals surface area (Å²) in [6.07, 6.45) is -1.53. The standard InChI is InChI=1S/C7H8BrF2N3/c8-5-3(1-11)4(6(9)10)2-13-7(5)12/h2,6H,1,11H2,(H2,12,13). The summed E-state index contributed by atoms with van der Waals surface area (Å²) in [6, 6.07) is 0. The molecule has 0 spiro atoms. The van der Waals surface area contributed by atoms with E-state index in [1.165, 1.54) is 0 Å². The molecule has 72 valence electrons. The first-order valence-corrected chi connectivity index (χ1v) is 4.28. The summed E-state index contributed by atoms with van der Waals surface area (Å²) in [5.41, 5.74) is 10.8. The maximum atomic E-state index is 12.4. The molecular formula is C7H8BrF2N3. The number of alkyl halides is 2. The van der Waals surface area contributed by atoms with E-state index in [1.807, 2.05) is 0 Å². The zero-order valence-corrected chi connectivity index (χ0v) is 8.18. The van der Waals surface area contributed by atoms with Gasteiger partial charge in [0.1, 0.15) is 5.82 Å². The minimum atomic E-state index is -2.58. The van der Waals surface area contributed by atoms with Crippen molar-refractivity contribution >= 4 is 21.7 Å². The van der Waals surface area contributed by atoms with E-state index in [0.717, 1.165) is 6.20 Å². The number of halogens is 3. The minimum absolute atomic E-state index is 0.00692. The van der Waals surface area contributed by atoms with Crippen molar-refractivity contribution in [3.05, 3.63) is 21.8 Å². The fraction of sp³-hybridized carbons (Fsp3) is 0.286. The van der Waals surface area contributed by atoms with E-state index in [1.54, 1.807) is 0 Å². The van der Waals surface area contributed by atoms with Crippen LogP contribution in [0, 0.1) is 0 Å².